The predicted molar refractivity (Wildman–Crippen MR) is 134 cm³/mol. The van der Waals surface area contributed by atoms with Crippen LogP contribution >= 0.6 is 0 Å². The smallest absolute Gasteiger partial charge is 0.275 e. The van der Waals surface area contributed by atoms with Gasteiger partial charge in [-0.1, -0.05) is 48.5 Å². The lowest BCUT2D eigenvalue weighted by Crippen LogP contribution is -2.31. The average molecular weight is 455 g/mol. The highest BCUT2D eigenvalue weighted by atomic mass is 16.2. The van der Waals surface area contributed by atoms with Gasteiger partial charge in [-0.15, -0.1) is 0 Å². The van der Waals surface area contributed by atoms with E-state index in [2.05, 4.69) is 10.4 Å². The number of carbonyl (C=O) groups excluding carboxylic acids is 2. The fourth-order valence-electron chi connectivity index (χ4n) is 3.88. The summed E-state index contributed by atoms with van der Waals surface area (Å²) in [5.74, 6) is -0.435. The van der Waals surface area contributed by atoms with Crippen LogP contribution in [0.4, 0.5) is 5.69 Å². The van der Waals surface area contributed by atoms with E-state index in [-0.39, 0.29) is 23.9 Å². The lowest BCUT2D eigenvalue weighted by Gasteiger charge is -2.18. The van der Waals surface area contributed by atoms with E-state index < -0.39 is 0 Å². The third kappa shape index (κ3) is 4.73. The van der Waals surface area contributed by atoms with Gasteiger partial charge in [-0.3, -0.25) is 14.4 Å². The molecule has 7 nitrogen and oxygen atoms in total. The summed E-state index contributed by atoms with van der Waals surface area (Å²) in [5.41, 5.74) is 2.27. The van der Waals surface area contributed by atoms with Gasteiger partial charge in [0.25, 0.3) is 11.5 Å². The van der Waals surface area contributed by atoms with E-state index in [0.29, 0.717) is 35.4 Å². The van der Waals surface area contributed by atoms with E-state index in [4.69, 9.17) is 0 Å². The zero-order valence-electron chi connectivity index (χ0n) is 19.2. The monoisotopic (exact) mass is 454 g/mol. The topological polar surface area (TPSA) is 84.3 Å². The van der Waals surface area contributed by atoms with E-state index in [1.54, 1.807) is 41.3 Å². The molecule has 3 aromatic carbocycles. The standard InChI is InChI=1S/C27H26N4O3/c1-3-30(4-2)26(33)20-14-16-21(17-15-20)28-24(32)18-31-27(34)23-13-9-8-12-22(23)25(29-31)19-10-6-5-7-11-19/h5-17H,3-4,18H2,1-2H3,(H,28,32). The van der Waals surface area contributed by atoms with Gasteiger partial charge in [0.2, 0.25) is 5.91 Å². The maximum Gasteiger partial charge on any atom is 0.275 e. The second kappa shape index (κ2) is 10.1. The number of benzene rings is 3. The molecule has 0 saturated heterocycles. The minimum Gasteiger partial charge on any atom is -0.339 e. The van der Waals surface area contributed by atoms with Gasteiger partial charge in [-0.05, 0) is 44.2 Å². The highest BCUT2D eigenvalue weighted by molar-refractivity contribution is 5.96. The number of aromatic nitrogens is 2. The highest BCUT2D eigenvalue weighted by Gasteiger charge is 2.15. The van der Waals surface area contributed by atoms with Gasteiger partial charge in [0.1, 0.15) is 6.54 Å². The summed E-state index contributed by atoms with van der Waals surface area (Å²) >= 11 is 0. The Kier molecular flexibility index (Phi) is 6.82. The van der Waals surface area contributed by atoms with Crippen molar-refractivity contribution in [1.82, 2.24) is 14.7 Å². The number of rotatable bonds is 7. The van der Waals surface area contributed by atoms with Crippen molar-refractivity contribution in [2.75, 3.05) is 18.4 Å². The Morgan fingerprint density at radius 3 is 2.12 bits per heavy atom. The molecule has 0 spiro atoms. The number of hydrogen-bond acceptors (Lipinski definition) is 4. The van der Waals surface area contributed by atoms with Crippen molar-refractivity contribution in [2.45, 2.75) is 20.4 Å². The first-order chi connectivity index (χ1) is 16.5. The van der Waals surface area contributed by atoms with Gasteiger partial charge in [-0.2, -0.15) is 5.10 Å². The van der Waals surface area contributed by atoms with Crippen LogP contribution in [-0.4, -0.2) is 39.6 Å². The van der Waals surface area contributed by atoms with Crippen LogP contribution < -0.4 is 10.9 Å². The molecule has 1 aromatic heterocycles. The van der Waals surface area contributed by atoms with Crippen molar-refractivity contribution in [1.29, 1.82) is 0 Å². The van der Waals surface area contributed by atoms with Crippen molar-refractivity contribution in [3.63, 3.8) is 0 Å². The first-order valence-corrected chi connectivity index (χ1v) is 11.3. The first-order valence-electron chi connectivity index (χ1n) is 11.3. The number of nitrogens with zero attached hydrogens (tertiary/aromatic N) is 3. The van der Waals surface area contributed by atoms with Crippen molar-refractivity contribution in [3.8, 4) is 11.3 Å². The minimum absolute atomic E-state index is 0.0526. The van der Waals surface area contributed by atoms with E-state index >= 15 is 0 Å². The number of amides is 2. The molecule has 0 unspecified atom stereocenters. The number of anilines is 1. The Hall–Kier alpha value is -4.26. The molecule has 4 aromatic rings. The third-order valence-electron chi connectivity index (χ3n) is 5.67. The predicted octanol–water partition coefficient (Wildman–Crippen LogP) is 4.18. The summed E-state index contributed by atoms with van der Waals surface area (Å²) in [5, 5.41) is 8.55. The van der Waals surface area contributed by atoms with Crippen LogP contribution in [-0.2, 0) is 11.3 Å². The van der Waals surface area contributed by atoms with Crippen LogP contribution in [0.5, 0.6) is 0 Å². The van der Waals surface area contributed by atoms with Crippen molar-refractivity contribution >= 4 is 28.3 Å². The molecule has 0 atom stereocenters. The van der Waals surface area contributed by atoms with Crippen molar-refractivity contribution in [3.05, 3.63) is 94.8 Å². The molecule has 172 valence electrons. The SMILES string of the molecule is CCN(CC)C(=O)c1ccc(NC(=O)Cn2nc(-c3ccccc3)c3ccccc3c2=O)cc1. The van der Waals surface area contributed by atoms with Gasteiger partial charge in [0, 0.05) is 35.3 Å². The van der Waals surface area contributed by atoms with Gasteiger partial charge in [-0.25, -0.2) is 4.68 Å². The van der Waals surface area contributed by atoms with Crippen LogP contribution in [0.25, 0.3) is 22.0 Å². The largest absolute Gasteiger partial charge is 0.339 e. The Morgan fingerprint density at radius 1 is 0.853 bits per heavy atom. The molecule has 4 rings (SSSR count). The molecule has 1 heterocycles. The second-order valence-electron chi connectivity index (χ2n) is 7.83. The molecule has 0 aliphatic heterocycles. The van der Waals surface area contributed by atoms with E-state index in [1.165, 1.54) is 4.68 Å². The molecular weight excluding hydrogens is 428 g/mol. The fourth-order valence-corrected chi connectivity index (χ4v) is 3.88. The molecule has 7 heteroatoms. The Balaban J connectivity index is 1.57. The quantitative estimate of drug-likeness (QED) is 0.454. The zero-order valence-corrected chi connectivity index (χ0v) is 19.2. The van der Waals surface area contributed by atoms with Crippen LogP contribution in [0, 0.1) is 0 Å². The van der Waals surface area contributed by atoms with Gasteiger partial charge in [0.05, 0.1) is 11.1 Å². The number of carbonyl (C=O) groups is 2. The lowest BCUT2D eigenvalue weighted by atomic mass is 10.1. The summed E-state index contributed by atoms with van der Waals surface area (Å²) in [6.07, 6.45) is 0. The lowest BCUT2D eigenvalue weighted by molar-refractivity contribution is -0.117. The van der Waals surface area contributed by atoms with Gasteiger partial charge >= 0.3 is 0 Å². The molecule has 1 N–H and O–H groups in total. The fraction of sp³-hybridized carbons (Fsp3) is 0.185. The van der Waals surface area contributed by atoms with Gasteiger partial charge in [0.15, 0.2) is 0 Å². The van der Waals surface area contributed by atoms with Crippen LogP contribution in [0.2, 0.25) is 0 Å². The molecule has 0 bridgehead atoms. The zero-order chi connectivity index (χ0) is 24.1. The summed E-state index contributed by atoms with van der Waals surface area (Å²) in [6, 6.07) is 23.6. The third-order valence-corrected chi connectivity index (χ3v) is 5.67. The van der Waals surface area contributed by atoms with Crippen molar-refractivity contribution < 1.29 is 9.59 Å². The van der Waals surface area contributed by atoms with Crippen LogP contribution in [0.3, 0.4) is 0 Å². The van der Waals surface area contributed by atoms with Gasteiger partial charge < -0.3 is 10.2 Å². The number of hydrogen-bond donors (Lipinski definition) is 1. The first kappa shape index (κ1) is 22.9. The summed E-state index contributed by atoms with van der Waals surface area (Å²) in [4.78, 5) is 40.0. The van der Waals surface area contributed by atoms with E-state index in [0.717, 1.165) is 10.9 Å². The molecular formula is C27H26N4O3. The molecule has 34 heavy (non-hydrogen) atoms. The number of nitrogens with one attached hydrogen (secondary N) is 1. The minimum atomic E-state index is -0.383. The normalized spacial score (nSPS) is 10.8. The highest BCUT2D eigenvalue weighted by Crippen LogP contribution is 2.24. The molecule has 0 saturated carbocycles. The molecule has 0 radical (unpaired) electrons. The Bertz CT molecular complexity index is 1370. The Labute approximate surface area is 197 Å². The average Bonchev–Trinajstić information content (AvgIpc) is 2.87. The summed E-state index contributed by atoms with van der Waals surface area (Å²) in [7, 11) is 0. The van der Waals surface area contributed by atoms with Crippen LogP contribution in [0.1, 0.15) is 24.2 Å². The molecule has 0 aliphatic rings. The maximum absolute atomic E-state index is 13.0. The summed E-state index contributed by atoms with van der Waals surface area (Å²) < 4.78 is 1.19. The number of fused-ring (bicyclic) bond motifs is 1. The molecule has 2 amide bonds. The summed E-state index contributed by atoms with van der Waals surface area (Å²) in [6.45, 7) is 4.89. The molecule has 0 aliphatic carbocycles. The molecule has 0 fully saturated rings. The van der Waals surface area contributed by atoms with Crippen molar-refractivity contribution in [2.24, 2.45) is 0 Å². The maximum atomic E-state index is 13.0. The second-order valence-corrected chi connectivity index (χ2v) is 7.83. The Morgan fingerprint density at radius 2 is 1.47 bits per heavy atom. The van der Waals surface area contributed by atoms with E-state index in [9.17, 15) is 14.4 Å². The van der Waals surface area contributed by atoms with Crippen LogP contribution in [0.15, 0.2) is 83.7 Å². The van der Waals surface area contributed by atoms with E-state index in [1.807, 2.05) is 56.3 Å².